The minimum Gasteiger partial charge on any atom is -0.0761 e. The second-order valence-corrected chi connectivity index (χ2v) is 8.96. The molecule has 3 aromatic carbocycles. The minimum absolute atomic E-state index is 0.676. The average molecular weight is 387 g/mol. The van der Waals surface area contributed by atoms with E-state index in [4.69, 9.17) is 0 Å². The van der Waals surface area contributed by atoms with Gasteiger partial charge in [0.2, 0.25) is 0 Å². The van der Waals surface area contributed by atoms with Crippen molar-refractivity contribution in [2.75, 3.05) is 0 Å². The van der Waals surface area contributed by atoms with Gasteiger partial charge in [0.05, 0.1) is 0 Å². The van der Waals surface area contributed by atoms with Crippen molar-refractivity contribution in [2.24, 2.45) is 5.92 Å². The maximum Gasteiger partial charge on any atom is 0.00555 e. The molecule has 3 aliphatic carbocycles. The molecule has 0 aliphatic heterocycles. The molecule has 0 aromatic heterocycles. The van der Waals surface area contributed by atoms with Gasteiger partial charge in [0.1, 0.15) is 0 Å². The first-order chi connectivity index (χ1) is 14.8. The lowest BCUT2D eigenvalue weighted by Crippen LogP contribution is -1.95. The van der Waals surface area contributed by atoms with Gasteiger partial charge in [0, 0.05) is 5.92 Å². The van der Waals surface area contributed by atoms with Gasteiger partial charge < -0.3 is 0 Å². The van der Waals surface area contributed by atoms with E-state index in [9.17, 15) is 0 Å². The average Bonchev–Trinajstić information content (AvgIpc) is 3.35. The van der Waals surface area contributed by atoms with E-state index in [-0.39, 0.29) is 0 Å². The summed E-state index contributed by atoms with van der Waals surface area (Å²) in [6.45, 7) is 0. The zero-order valence-corrected chi connectivity index (χ0v) is 17.2. The summed E-state index contributed by atoms with van der Waals surface area (Å²) in [5.74, 6) is 1.58. The topological polar surface area (TPSA) is 0 Å². The smallest absolute Gasteiger partial charge is 0.00555 e. The van der Waals surface area contributed by atoms with Crippen LogP contribution in [0.1, 0.15) is 58.6 Å². The van der Waals surface area contributed by atoms with E-state index in [1.807, 2.05) is 0 Å². The zero-order chi connectivity index (χ0) is 19.9. The number of rotatable bonds is 5. The molecule has 3 aliphatic rings. The van der Waals surface area contributed by atoms with Gasteiger partial charge in [-0.05, 0) is 82.2 Å². The molecule has 0 heteroatoms. The molecule has 6 rings (SSSR count). The summed E-state index contributed by atoms with van der Waals surface area (Å²) < 4.78 is 0. The molecule has 0 amide bonds. The molecule has 30 heavy (non-hydrogen) atoms. The van der Waals surface area contributed by atoms with Crippen LogP contribution in [-0.4, -0.2) is 0 Å². The van der Waals surface area contributed by atoms with Crippen LogP contribution < -0.4 is 0 Å². The number of hydrogen-bond acceptors (Lipinski definition) is 0. The molecule has 3 aromatic rings. The highest BCUT2D eigenvalue weighted by Gasteiger charge is 2.33. The third-order valence-corrected chi connectivity index (χ3v) is 6.84. The first-order valence-electron chi connectivity index (χ1n) is 11.2. The van der Waals surface area contributed by atoms with E-state index in [1.165, 1.54) is 51.8 Å². The zero-order valence-electron chi connectivity index (χ0n) is 17.2. The first-order valence-corrected chi connectivity index (χ1v) is 11.2. The lowest BCUT2D eigenvalue weighted by Gasteiger charge is -2.11. The van der Waals surface area contributed by atoms with Crippen LogP contribution in [0.25, 0.3) is 17.2 Å². The summed E-state index contributed by atoms with van der Waals surface area (Å²) in [6, 6.07) is 26.9. The highest BCUT2D eigenvalue weighted by atomic mass is 14.4. The quantitative estimate of drug-likeness (QED) is 0.422. The van der Waals surface area contributed by atoms with Crippen molar-refractivity contribution < 1.29 is 0 Å². The van der Waals surface area contributed by atoms with Crippen molar-refractivity contribution in [1.82, 2.24) is 0 Å². The molecule has 0 saturated heterocycles. The van der Waals surface area contributed by atoms with Crippen molar-refractivity contribution in [1.29, 1.82) is 0 Å². The number of benzene rings is 3. The van der Waals surface area contributed by atoms with Gasteiger partial charge in [-0.2, -0.15) is 0 Å². The summed E-state index contributed by atoms with van der Waals surface area (Å²) in [4.78, 5) is 0. The maximum atomic E-state index is 2.43. The van der Waals surface area contributed by atoms with Gasteiger partial charge in [-0.3, -0.25) is 0 Å². The van der Waals surface area contributed by atoms with Gasteiger partial charge in [0.25, 0.3) is 0 Å². The molecule has 0 radical (unpaired) electrons. The molecular formula is C30H26. The Morgan fingerprint density at radius 1 is 0.767 bits per heavy atom. The molecule has 1 unspecified atom stereocenters. The Morgan fingerprint density at radius 2 is 1.53 bits per heavy atom. The molecular weight excluding hydrogens is 360 g/mol. The SMILES string of the molecule is C1=CC(C2CC2)c2ccc(C3=CC(c4ccc(Cc5ccccc5)cc4)=CC3)cc21. The monoisotopic (exact) mass is 386 g/mol. The number of hydrogen-bond donors (Lipinski definition) is 0. The number of allylic oxidation sites excluding steroid dienone is 5. The standard InChI is InChI=1S/C30H26/c1-2-4-21(5-3-1)18-22-6-8-23(9-7-22)25-12-13-26(19-25)27-14-16-30-28(20-27)15-17-29(30)24-10-11-24/h1-9,12,14-17,19-20,24,29H,10-11,13,18H2. The van der Waals surface area contributed by atoms with Crippen molar-refractivity contribution in [3.63, 3.8) is 0 Å². The van der Waals surface area contributed by atoms with E-state index >= 15 is 0 Å². The van der Waals surface area contributed by atoms with Crippen LogP contribution in [0.4, 0.5) is 0 Å². The minimum atomic E-state index is 0.676. The van der Waals surface area contributed by atoms with Gasteiger partial charge >= 0.3 is 0 Å². The summed E-state index contributed by atoms with van der Waals surface area (Å²) in [6.07, 6.45) is 14.3. The van der Waals surface area contributed by atoms with Gasteiger partial charge in [-0.15, -0.1) is 0 Å². The molecule has 0 bridgehead atoms. The van der Waals surface area contributed by atoms with Crippen molar-refractivity contribution in [3.8, 4) is 0 Å². The Hall–Kier alpha value is -3.12. The molecule has 0 N–H and O–H groups in total. The molecule has 1 fully saturated rings. The molecule has 1 saturated carbocycles. The lowest BCUT2D eigenvalue weighted by molar-refractivity contribution is 0.738. The van der Waals surface area contributed by atoms with E-state index in [1.54, 1.807) is 5.56 Å². The summed E-state index contributed by atoms with van der Waals surface area (Å²) in [5.41, 5.74) is 11.2. The van der Waals surface area contributed by atoms with Crippen molar-refractivity contribution in [2.45, 2.75) is 31.6 Å². The molecule has 0 spiro atoms. The van der Waals surface area contributed by atoms with Gasteiger partial charge in [-0.1, -0.05) is 91.0 Å². The predicted octanol–water partition coefficient (Wildman–Crippen LogP) is 7.67. The van der Waals surface area contributed by atoms with E-state index in [0.717, 1.165) is 18.8 Å². The van der Waals surface area contributed by atoms with Crippen LogP contribution >= 0.6 is 0 Å². The van der Waals surface area contributed by atoms with Crippen LogP contribution in [0.5, 0.6) is 0 Å². The van der Waals surface area contributed by atoms with Crippen LogP contribution in [0.15, 0.2) is 91.0 Å². The lowest BCUT2D eigenvalue weighted by atomic mass is 9.93. The third kappa shape index (κ3) is 3.37. The second kappa shape index (κ2) is 7.29. The maximum absolute atomic E-state index is 2.43. The Labute approximate surface area is 179 Å². The van der Waals surface area contributed by atoms with E-state index < -0.39 is 0 Å². The fourth-order valence-electron chi connectivity index (χ4n) is 4.97. The van der Waals surface area contributed by atoms with Crippen molar-refractivity contribution in [3.05, 3.63) is 124 Å². The van der Waals surface area contributed by atoms with Crippen LogP contribution in [0, 0.1) is 5.92 Å². The van der Waals surface area contributed by atoms with Gasteiger partial charge in [-0.25, -0.2) is 0 Å². The fourth-order valence-corrected chi connectivity index (χ4v) is 4.97. The molecule has 146 valence electrons. The second-order valence-electron chi connectivity index (χ2n) is 8.96. The first kappa shape index (κ1) is 17.7. The Morgan fingerprint density at radius 3 is 2.33 bits per heavy atom. The molecule has 0 heterocycles. The highest BCUT2D eigenvalue weighted by molar-refractivity contribution is 5.90. The van der Waals surface area contributed by atoms with E-state index in [0.29, 0.717) is 5.92 Å². The van der Waals surface area contributed by atoms with Gasteiger partial charge in [0.15, 0.2) is 0 Å². The Balaban J connectivity index is 1.19. The summed E-state index contributed by atoms with van der Waals surface area (Å²) in [7, 11) is 0. The fraction of sp³-hybridized carbons (Fsp3) is 0.200. The van der Waals surface area contributed by atoms with E-state index in [2.05, 4.69) is 97.1 Å². The summed E-state index contributed by atoms with van der Waals surface area (Å²) >= 11 is 0. The molecule has 1 atom stereocenters. The van der Waals surface area contributed by atoms with Crippen molar-refractivity contribution >= 4 is 17.2 Å². The summed E-state index contributed by atoms with van der Waals surface area (Å²) in [5, 5.41) is 0. The van der Waals surface area contributed by atoms with Crippen LogP contribution in [-0.2, 0) is 6.42 Å². The predicted molar refractivity (Wildman–Crippen MR) is 127 cm³/mol. The largest absolute Gasteiger partial charge is 0.0761 e. The van der Waals surface area contributed by atoms with Crippen LogP contribution in [0.2, 0.25) is 0 Å². The normalized spacial score (nSPS) is 19.5. The van der Waals surface area contributed by atoms with Crippen LogP contribution in [0.3, 0.4) is 0 Å². The highest BCUT2D eigenvalue weighted by Crippen LogP contribution is 2.48. The Bertz CT molecular complexity index is 1170. The third-order valence-electron chi connectivity index (χ3n) is 6.84. The Kier molecular flexibility index (Phi) is 4.30. The number of fused-ring (bicyclic) bond motifs is 1. The molecule has 0 nitrogen and oxygen atoms in total.